The van der Waals surface area contributed by atoms with Gasteiger partial charge in [0.1, 0.15) is 11.6 Å². The summed E-state index contributed by atoms with van der Waals surface area (Å²) >= 11 is 0. The number of rotatable bonds is 2. The first-order valence-electron chi connectivity index (χ1n) is 9.63. The molecule has 2 N–H and O–H groups in total. The first kappa shape index (κ1) is 17.6. The second-order valence-electron chi connectivity index (χ2n) is 8.20. The van der Waals surface area contributed by atoms with Crippen LogP contribution in [0.1, 0.15) is 38.4 Å². The van der Waals surface area contributed by atoms with E-state index in [0.717, 1.165) is 23.3 Å². The lowest BCUT2D eigenvalue weighted by molar-refractivity contribution is -0.118. The molecule has 0 unspecified atom stereocenters. The number of fused-ring (bicyclic) bond motifs is 1. The van der Waals surface area contributed by atoms with Gasteiger partial charge >= 0.3 is 6.01 Å². The number of guanidine groups is 1. The summed E-state index contributed by atoms with van der Waals surface area (Å²) in [6.07, 6.45) is 2.98. The third-order valence-corrected chi connectivity index (χ3v) is 5.21. The molecule has 5 rings (SSSR count). The number of carbonyl (C=O) groups excluding carboxylic acids is 1. The number of allylic oxidation sites excluding steroid dienone is 1. The fourth-order valence-corrected chi connectivity index (χ4v) is 3.97. The maximum absolute atomic E-state index is 13.0. The molecule has 1 aliphatic carbocycles. The van der Waals surface area contributed by atoms with Crippen LogP contribution in [0, 0.1) is 5.41 Å². The van der Waals surface area contributed by atoms with Gasteiger partial charge in [-0.1, -0.05) is 32.0 Å². The Morgan fingerprint density at radius 2 is 1.97 bits per heavy atom. The monoisotopic (exact) mass is 387 g/mol. The van der Waals surface area contributed by atoms with E-state index in [9.17, 15) is 4.79 Å². The Bertz CT molecular complexity index is 1130. The second kappa shape index (κ2) is 6.55. The van der Waals surface area contributed by atoms with E-state index in [1.54, 1.807) is 6.20 Å². The summed E-state index contributed by atoms with van der Waals surface area (Å²) in [7, 11) is 0. The van der Waals surface area contributed by atoms with Crippen molar-refractivity contribution in [3.8, 4) is 0 Å². The van der Waals surface area contributed by atoms with Crippen molar-refractivity contribution in [3.05, 3.63) is 65.6 Å². The smallest absolute Gasteiger partial charge is 0.302 e. The van der Waals surface area contributed by atoms with Crippen LogP contribution in [-0.2, 0) is 4.79 Å². The van der Waals surface area contributed by atoms with Crippen LogP contribution >= 0.6 is 0 Å². The van der Waals surface area contributed by atoms with Crippen LogP contribution in [0.15, 0.2) is 69.3 Å². The van der Waals surface area contributed by atoms with Gasteiger partial charge in [0.25, 0.3) is 0 Å². The molecule has 1 atom stereocenters. The molecule has 3 aromatic rings. The predicted octanol–water partition coefficient (Wildman–Crippen LogP) is 3.98. The van der Waals surface area contributed by atoms with E-state index >= 15 is 0 Å². The Morgan fingerprint density at radius 3 is 2.76 bits per heavy atom. The number of aliphatic imine (C=N–C) groups is 1. The van der Waals surface area contributed by atoms with E-state index in [4.69, 9.17) is 9.41 Å². The summed E-state index contributed by atoms with van der Waals surface area (Å²) < 4.78 is 5.77. The summed E-state index contributed by atoms with van der Waals surface area (Å²) in [5, 5.41) is 6.44. The maximum Gasteiger partial charge on any atom is 0.302 e. The van der Waals surface area contributed by atoms with Crippen molar-refractivity contribution < 1.29 is 9.21 Å². The number of anilines is 1. The average molecular weight is 387 g/mol. The molecule has 146 valence electrons. The molecule has 29 heavy (non-hydrogen) atoms. The van der Waals surface area contributed by atoms with Crippen LogP contribution in [0.5, 0.6) is 0 Å². The summed E-state index contributed by atoms with van der Waals surface area (Å²) in [6.45, 7) is 4.21. The molecule has 0 amide bonds. The van der Waals surface area contributed by atoms with Crippen molar-refractivity contribution in [2.75, 3.05) is 5.32 Å². The molecule has 0 saturated heterocycles. The molecule has 2 aliphatic rings. The Balaban J connectivity index is 1.54. The zero-order valence-corrected chi connectivity index (χ0v) is 16.3. The van der Waals surface area contributed by atoms with Crippen molar-refractivity contribution in [2.45, 2.75) is 32.7 Å². The summed E-state index contributed by atoms with van der Waals surface area (Å²) in [4.78, 5) is 26.6. The quantitative estimate of drug-likeness (QED) is 0.691. The van der Waals surface area contributed by atoms with Gasteiger partial charge in [-0.25, -0.2) is 4.99 Å². The number of aromatic nitrogens is 2. The number of nitrogens with one attached hydrogen (secondary N) is 2. The first-order valence-corrected chi connectivity index (χ1v) is 9.63. The Kier molecular flexibility index (Phi) is 3.97. The Labute approximate surface area is 168 Å². The first-order chi connectivity index (χ1) is 14.0. The highest BCUT2D eigenvalue weighted by Crippen LogP contribution is 2.42. The Morgan fingerprint density at radius 1 is 1.14 bits per heavy atom. The molecule has 0 saturated carbocycles. The molecular formula is C22H21N5O2. The van der Waals surface area contributed by atoms with Gasteiger partial charge in [-0.05, 0) is 36.1 Å². The number of para-hydroxylation sites is 2. The van der Waals surface area contributed by atoms with Gasteiger partial charge in [0, 0.05) is 23.9 Å². The molecule has 0 spiro atoms. The lowest BCUT2D eigenvalue weighted by atomic mass is 9.73. The lowest BCUT2D eigenvalue weighted by Crippen LogP contribution is -2.42. The van der Waals surface area contributed by atoms with Crippen molar-refractivity contribution in [1.29, 1.82) is 0 Å². The predicted molar refractivity (Wildman–Crippen MR) is 110 cm³/mol. The van der Waals surface area contributed by atoms with Crippen LogP contribution in [-0.4, -0.2) is 21.7 Å². The zero-order chi connectivity index (χ0) is 20.0. The van der Waals surface area contributed by atoms with Gasteiger partial charge in [-0.2, -0.15) is 4.98 Å². The largest absolute Gasteiger partial charge is 0.423 e. The number of benzene rings is 1. The summed E-state index contributed by atoms with van der Waals surface area (Å²) in [5.74, 6) is 0.612. The standard InChI is InChI=1S/C22H21N5O2/c1-22(2)11-15-18(16(28)12-22)19(14-8-5-6-10-23-14)26-20(24-15)27-21-25-13-7-3-4-9-17(13)29-21/h3-10,19H,11-12H2,1-2H3,(H2,24,25,26,27)/t19-/m1/s1. The molecule has 0 radical (unpaired) electrons. The average Bonchev–Trinajstić information content (AvgIpc) is 3.09. The molecule has 3 heterocycles. The summed E-state index contributed by atoms with van der Waals surface area (Å²) in [5.41, 5.74) is 3.67. The van der Waals surface area contributed by atoms with E-state index in [1.807, 2.05) is 42.5 Å². The number of hydrogen-bond acceptors (Lipinski definition) is 7. The van der Waals surface area contributed by atoms with Crippen LogP contribution in [0.4, 0.5) is 6.01 Å². The molecule has 1 aliphatic heterocycles. The van der Waals surface area contributed by atoms with E-state index < -0.39 is 6.04 Å². The van der Waals surface area contributed by atoms with Gasteiger partial charge in [0.2, 0.25) is 5.96 Å². The minimum atomic E-state index is -0.456. The summed E-state index contributed by atoms with van der Waals surface area (Å²) in [6, 6.07) is 13.1. The minimum absolute atomic E-state index is 0.113. The van der Waals surface area contributed by atoms with Gasteiger partial charge in [0.05, 0.1) is 5.69 Å². The van der Waals surface area contributed by atoms with Gasteiger partial charge < -0.3 is 9.73 Å². The van der Waals surface area contributed by atoms with Crippen LogP contribution in [0.2, 0.25) is 0 Å². The lowest BCUT2D eigenvalue weighted by Gasteiger charge is -2.36. The van der Waals surface area contributed by atoms with Crippen molar-refractivity contribution >= 4 is 28.9 Å². The highest BCUT2D eigenvalue weighted by molar-refractivity contribution is 6.03. The number of pyridine rings is 1. The normalized spacial score (nSPS) is 20.8. The van der Waals surface area contributed by atoms with E-state index in [1.165, 1.54) is 0 Å². The van der Waals surface area contributed by atoms with E-state index in [0.29, 0.717) is 29.6 Å². The Hall–Kier alpha value is -3.48. The van der Waals surface area contributed by atoms with Crippen LogP contribution in [0.25, 0.3) is 11.1 Å². The minimum Gasteiger partial charge on any atom is -0.423 e. The van der Waals surface area contributed by atoms with Gasteiger partial charge in [-0.3, -0.25) is 15.1 Å². The molecule has 0 fully saturated rings. The number of nitrogens with zero attached hydrogens (tertiary/aromatic N) is 3. The van der Waals surface area contributed by atoms with Crippen molar-refractivity contribution in [1.82, 2.24) is 15.3 Å². The molecular weight excluding hydrogens is 366 g/mol. The topological polar surface area (TPSA) is 92.4 Å². The van der Waals surface area contributed by atoms with Crippen LogP contribution < -0.4 is 10.6 Å². The van der Waals surface area contributed by atoms with Gasteiger partial charge in [0.15, 0.2) is 11.4 Å². The number of Topliss-reactive ketones (excluding diaryl/α,β-unsaturated/α-hetero) is 1. The highest BCUT2D eigenvalue weighted by Gasteiger charge is 2.39. The maximum atomic E-state index is 13.0. The van der Waals surface area contributed by atoms with Gasteiger partial charge in [-0.15, -0.1) is 0 Å². The zero-order valence-electron chi connectivity index (χ0n) is 16.3. The van der Waals surface area contributed by atoms with E-state index in [-0.39, 0.29) is 11.2 Å². The number of carbonyl (C=O) groups is 1. The molecule has 0 bridgehead atoms. The molecule has 7 heteroatoms. The number of hydrogen-bond donors (Lipinski definition) is 2. The third kappa shape index (κ3) is 3.29. The fraction of sp³-hybridized carbons (Fsp3) is 0.273. The van der Waals surface area contributed by atoms with Crippen molar-refractivity contribution in [2.24, 2.45) is 10.4 Å². The van der Waals surface area contributed by atoms with E-state index in [2.05, 4.69) is 34.4 Å². The number of ketones is 1. The second-order valence-corrected chi connectivity index (χ2v) is 8.20. The molecule has 1 aromatic carbocycles. The molecule has 2 aromatic heterocycles. The SMILES string of the molecule is CC1(C)CC(=O)C2=C(C1)NC(Nc1nc3ccccc3o1)=N[C@@H]2c1ccccn1. The fourth-order valence-electron chi connectivity index (χ4n) is 3.97. The number of oxazole rings is 1. The molecule has 7 nitrogen and oxygen atoms in total. The third-order valence-electron chi connectivity index (χ3n) is 5.21. The van der Waals surface area contributed by atoms with Crippen LogP contribution in [0.3, 0.4) is 0 Å². The van der Waals surface area contributed by atoms with Crippen molar-refractivity contribution in [3.63, 3.8) is 0 Å². The highest BCUT2D eigenvalue weighted by atomic mass is 16.4.